The molecule has 0 radical (unpaired) electrons. The van der Waals surface area contributed by atoms with Gasteiger partial charge in [0.25, 0.3) is 0 Å². The molecule has 1 aliphatic carbocycles. The topological polar surface area (TPSA) is 63.8 Å². The van der Waals surface area contributed by atoms with E-state index in [1.165, 1.54) is 17.7 Å². The summed E-state index contributed by atoms with van der Waals surface area (Å²) in [6.07, 6.45) is 3.28. The number of aromatic nitrogens is 2. The number of fused-ring (bicyclic) bond motifs is 1. The quantitative estimate of drug-likeness (QED) is 0.549. The highest BCUT2D eigenvalue weighted by Gasteiger charge is 2.19. The van der Waals surface area contributed by atoms with E-state index in [1.807, 2.05) is 0 Å². The summed E-state index contributed by atoms with van der Waals surface area (Å²) >= 11 is 0. The van der Waals surface area contributed by atoms with Crippen molar-refractivity contribution in [3.63, 3.8) is 0 Å². The summed E-state index contributed by atoms with van der Waals surface area (Å²) in [7, 11) is 0. The first-order chi connectivity index (χ1) is 6.72. The summed E-state index contributed by atoms with van der Waals surface area (Å²) in [6.45, 7) is 4.19. The number of hydrogen-bond acceptors (Lipinski definition) is 4. The van der Waals surface area contributed by atoms with Gasteiger partial charge in [0.2, 0.25) is 0 Å². The van der Waals surface area contributed by atoms with Crippen LogP contribution in [0.1, 0.15) is 43.3 Å². The molecule has 0 unspecified atom stereocenters. The fourth-order valence-electron chi connectivity index (χ4n) is 1.83. The average Bonchev–Trinajstić information content (AvgIpc) is 2.63. The van der Waals surface area contributed by atoms with E-state index >= 15 is 0 Å². The van der Waals surface area contributed by atoms with Crippen LogP contribution in [0.2, 0.25) is 0 Å². The van der Waals surface area contributed by atoms with Gasteiger partial charge in [-0.15, -0.1) is 0 Å². The zero-order valence-corrected chi connectivity index (χ0v) is 8.67. The van der Waals surface area contributed by atoms with Crippen molar-refractivity contribution in [3.8, 4) is 0 Å². The van der Waals surface area contributed by atoms with Gasteiger partial charge in [-0.25, -0.2) is 15.8 Å². The Morgan fingerprint density at radius 1 is 1.29 bits per heavy atom. The number of nitrogens with two attached hydrogens (primary N) is 1. The summed E-state index contributed by atoms with van der Waals surface area (Å²) in [6, 6.07) is 0. The van der Waals surface area contributed by atoms with Crippen molar-refractivity contribution < 1.29 is 0 Å². The van der Waals surface area contributed by atoms with E-state index < -0.39 is 0 Å². The fraction of sp³-hybridized carbons (Fsp3) is 0.600. The summed E-state index contributed by atoms with van der Waals surface area (Å²) in [4.78, 5) is 8.97. The van der Waals surface area contributed by atoms with Crippen LogP contribution in [0.25, 0.3) is 0 Å². The molecular formula is C10H16N4. The number of nitrogen functional groups attached to an aromatic ring is 1. The molecule has 0 amide bonds. The molecule has 0 saturated carbocycles. The Balaban J connectivity index is 2.49. The van der Waals surface area contributed by atoms with Crippen molar-refractivity contribution in [2.24, 2.45) is 5.84 Å². The van der Waals surface area contributed by atoms with Crippen molar-refractivity contribution in [2.75, 3.05) is 5.43 Å². The summed E-state index contributed by atoms with van der Waals surface area (Å²) in [5.41, 5.74) is 5.05. The normalized spacial score (nSPS) is 14.6. The first kappa shape index (κ1) is 9.40. The van der Waals surface area contributed by atoms with Crippen LogP contribution in [0, 0.1) is 0 Å². The molecule has 1 heterocycles. The molecular weight excluding hydrogens is 176 g/mol. The van der Waals surface area contributed by atoms with Gasteiger partial charge in [0.05, 0.1) is 0 Å². The van der Waals surface area contributed by atoms with Crippen LogP contribution in [0.5, 0.6) is 0 Å². The van der Waals surface area contributed by atoms with Gasteiger partial charge in [-0.1, -0.05) is 13.8 Å². The first-order valence-corrected chi connectivity index (χ1v) is 5.08. The second kappa shape index (κ2) is 3.53. The maximum Gasteiger partial charge on any atom is 0.147 e. The molecule has 4 nitrogen and oxygen atoms in total. The van der Waals surface area contributed by atoms with Gasteiger partial charge in [0.1, 0.15) is 11.6 Å². The maximum absolute atomic E-state index is 5.45. The number of anilines is 1. The maximum atomic E-state index is 5.45. The molecule has 2 rings (SSSR count). The molecule has 0 aliphatic heterocycles. The zero-order chi connectivity index (χ0) is 10.1. The Labute approximate surface area is 83.9 Å². The van der Waals surface area contributed by atoms with Gasteiger partial charge in [-0.3, -0.25) is 0 Å². The number of aryl methyl sites for hydroxylation is 1. The van der Waals surface area contributed by atoms with E-state index in [0.717, 1.165) is 24.5 Å². The van der Waals surface area contributed by atoms with Crippen LogP contribution >= 0.6 is 0 Å². The van der Waals surface area contributed by atoms with Crippen molar-refractivity contribution in [1.29, 1.82) is 0 Å². The largest absolute Gasteiger partial charge is 0.308 e. The lowest BCUT2D eigenvalue weighted by molar-refractivity contribution is 0.761. The van der Waals surface area contributed by atoms with E-state index in [2.05, 4.69) is 29.2 Å². The van der Waals surface area contributed by atoms with Crippen molar-refractivity contribution in [1.82, 2.24) is 9.97 Å². The molecule has 0 saturated heterocycles. The Kier molecular flexibility index (Phi) is 2.37. The highest BCUT2D eigenvalue weighted by atomic mass is 15.3. The van der Waals surface area contributed by atoms with E-state index in [4.69, 9.17) is 5.84 Å². The third kappa shape index (κ3) is 1.46. The Morgan fingerprint density at radius 3 is 2.71 bits per heavy atom. The molecule has 0 fully saturated rings. The molecule has 4 heteroatoms. The molecule has 76 valence electrons. The predicted octanol–water partition coefficient (Wildman–Crippen LogP) is 1.37. The SMILES string of the molecule is CC(C)c1nc2c(c(NN)n1)CCC2. The summed E-state index contributed by atoms with van der Waals surface area (Å²) < 4.78 is 0. The average molecular weight is 192 g/mol. The lowest BCUT2D eigenvalue weighted by Crippen LogP contribution is -2.14. The molecule has 3 N–H and O–H groups in total. The molecule has 0 spiro atoms. The third-order valence-electron chi connectivity index (χ3n) is 2.60. The monoisotopic (exact) mass is 192 g/mol. The van der Waals surface area contributed by atoms with Crippen LogP contribution in [0.4, 0.5) is 5.82 Å². The number of rotatable bonds is 2. The van der Waals surface area contributed by atoms with Crippen molar-refractivity contribution in [2.45, 2.75) is 39.0 Å². The van der Waals surface area contributed by atoms with Crippen LogP contribution in [0.15, 0.2) is 0 Å². The minimum absolute atomic E-state index is 0.355. The van der Waals surface area contributed by atoms with Gasteiger partial charge >= 0.3 is 0 Å². The smallest absolute Gasteiger partial charge is 0.147 e. The second-order valence-electron chi connectivity index (χ2n) is 4.01. The summed E-state index contributed by atoms with van der Waals surface area (Å²) in [5, 5.41) is 0. The van der Waals surface area contributed by atoms with Gasteiger partial charge in [-0.05, 0) is 19.3 Å². The number of nitrogens with one attached hydrogen (secondary N) is 1. The van der Waals surface area contributed by atoms with Crippen molar-refractivity contribution >= 4 is 5.82 Å². The highest BCUT2D eigenvalue weighted by Crippen LogP contribution is 2.27. The van der Waals surface area contributed by atoms with E-state index in [9.17, 15) is 0 Å². The Hall–Kier alpha value is -1.16. The molecule has 0 atom stereocenters. The number of nitrogens with zero attached hydrogens (tertiary/aromatic N) is 2. The molecule has 1 aromatic rings. The molecule has 1 aromatic heterocycles. The minimum atomic E-state index is 0.355. The predicted molar refractivity (Wildman–Crippen MR) is 56.0 cm³/mol. The second-order valence-corrected chi connectivity index (χ2v) is 4.01. The number of hydrazine groups is 1. The zero-order valence-electron chi connectivity index (χ0n) is 8.67. The van der Waals surface area contributed by atoms with Gasteiger partial charge in [-0.2, -0.15) is 0 Å². The van der Waals surface area contributed by atoms with Gasteiger partial charge < -0.3 is 5.43 Å². The standard InChI is InChI=1S/C10H16N4/c1-6(2)9-12-8-5-3-4-7(8)10(13-9)14-11/h6H,3-5,11H2,1-2H3,(H,12,13,14). The third-order valence-corrected chi connectivity index (χ3v) is 2.60. The lowest BCUT2D eigenvalue weighted by atomic mass is 10.2. The van der Waals surface area contributed by atoms with Gasteiger partial charge in [0, 0.05) is 17.2 Å². The lowest BCUT2D eigenvalue weighted by Gasteiger charge is -2.10. The Bertz CT molecular complexity index is 346. The van der Waals surface area contributed by atoms with Gasteiger partial charge in [0.15, 0.2) is 0 Å². The van der Waals surface area contributed by atoms with E-state index in [-0.39, 0.29) is 0 Å². The Morgan fingerprint density at radius 2 is 2.07 bits per heavy atom. The first-order valence-electron chi connectivity index (χ1n) is 5.08. The van der Waals surface area contributed by atoms with Crippen LogP contribution in [-0.4, -0.2) is 9.97 Å². The summed E-state index contributed by atoms with van der Waals surface area (Å²) in [5.74, 6) is 7.51. The number of hydrogen-bond donors (Lipinski definition) is 2. The van der Waals surface area contributed by atoms with E-state index in [1.54, 1.807) is 0 Å². The minimum Gasteiger partial charge on any atom is -0.308 e. The molecule has 14 heavy (non-hydrogen) atoms. The van der Waals surface area contributed by atoms with Crippen LogP contribution < -0.4 is 11.3 Å². The van der Waals surface area contributed by atoms with E-state index in [0.29, 0.717) is 5.92 Å². The van der Waals surface area contributed by atoms with Crippen LogP contribution in [-0.2, 0) is 12.8 Å². The van der Waals surface area contributed by atoms with Crippen molar-refractivity contribution in [3.05, 3.63) is 17.1 Å². The fourth-order valence-corrected chi connectivity index (χ4v) is 1.83. The highest BCUT2D eigenvalue weighted by molar-refractivity contribution is 5.48. The van der Waals surface area contributed by atoms with Crippen LogP contribution in [0.3, 0.4) is 0 Å². The molecule has 0 bridgehead atoms. The molecule has 1 aliphatic rings. The molecule has 0 aromatic carbocycles.